The average Bonchev–Trinajstić information content (AvgIpc) is 2.25. The smallest absolute Gasteiger partial charge is 0.126 e. The van der Waals surface area contributed by atoms with Gasteiger partial charge in [0.1, 0.15) is 5.82 Å². The van der Waals surface area contributed by atoms with E-state index in [-0.39, 0.29) is 11.4 Å². The molecule has 0 aromatic heterocycles. The summed E-state index contributed by atoms with van der Waals surface area (Å²) in [5.41, 5.74) is 1.06. The zero-order valence-electron chi connectivity index (χ0n) is 11.7. The number of benzene rings is 1. The molecule has 1 fully saturated rings. The maximum absolute atomic E-state index is 13.6. The van der Waals surface area contributed by atoms with Crippen LogP contribution in [0.15, 0.2) is 24.3 Å². The van der Waals surface area contributed by atoms with Crippen molar-refractivity contribution in [3.63, 3.8) is 0 Å². The Balaban J connectivity index is 1.86. The van der Waals surface area contributed by atoms with E-state index in [1.807, 2.05) is 12.1 Å². The largest absolute Gasteiger partial charge is 0.312 e. The van der Waals surface area contributed by atoms with Gasteiger partial charge >= 0.3 is 0 Å². The molecule has 0 aliphatic heterocycles. The van der Waals surface area contributed by atoms with Crippen LogP contribution in [0.1, 0.15) is 39.2 Å². The highest BCUT2D eigenvalue weighted by Crippen LogP contribution is 2.37. The van der Waals surface area contributed by atoms with Crippen molar-refractivity contribution in [3.8, 4) is 0 Å². The van der Waals surface area contributed by atoms with Crippen LogP contribution in [0, 0.1) is 17.7 Å². The molecule has 100 valence electrons. The molecule has 0 spiro atoms. The van der Waals surface area contributed by atoms with Gasteiger partial charge in [-0.2, -0.15) is 0 Å². The van der Waals surface area contributed by atoms with Crippen molar-refractivity contribution >= 4 is 0 Å². The minimum absolute atomic E-state index is 0.0491. The fourth-order valence-corrected chi connectivity index (χ4v) is 2.56. The Labute approximate surface area is 110 Å². The molecule has 0 bridgehead atoms. The lowest BCUT2D eigenvalue weighted by atomic mass is 9.70. The summed E-state index contributed by atoms with van der Waals surface area (Å²) >= 11 is 0. The van der Waals surface area contributed by atoms with Gasteiger partial charge in [0.2, 0.25) is 0 Å². The van der Waals surface area contributed by atoms with Crippen LogP contribution in [0.2, 0.25) is 0 Å². The van der Waals surface area contributed by atoms with E-state index in [1.165, 1.54) is 12.8 Å². The van der Waals surface area contributed by atoms with Gasteiger partial charge in [-0.3, -0.25) is 0 Å². The van der Waals surface area contributed by atoms with Crippen molar-refractivity contribution in [2.75, 3.05) is 6.54 Å². The second-order valence-corrected chi connectivity index (χ2v) is 6.52. The molecular weight excluding hydrogens is 225 g/mol. The first-order valence-electron chi connectivity index (χ1n) is 6.94. The summed E-state index contributed by atoms with van der Waals surface area (Å²) < 4.78 is 13.6. The normalized spacial score (nSPS) is 23.8. The summed E-state index contributed by atoms with van der Waals surface area (Å²) in [5.74, 6) is 1.31. The SMILES string of the molecule is CC(C)(C)NCC1CCC1Cc1ccccc1F. The van der Waals surface area contributed by atoms with Crippen molar-refractivity contribution in [1.29, 1.82) is 0 Å². The van der Waals surface area contributed by atoms with Gasteiger partial charge in [0.15, 0.2) is 0 Å². The number of halogens is 1. The van der Waals surface area contributed by atoms with Crippen LogP contribution < -0.4 is 5.32 Å². The lowest BCUT2D eigenvalue weighted by Gasteiger charge is -2.39. The van der Waals surface area contributed by atoms with Crippen LogP contribution in [0.5, 0.6) is 0 Å². The van der Waals surface area contributed by atoms with Gasteiger partial charge in [0, 0.05) is 5.54 Å². The van der Waals surface area contributed by atoms with Gasteiger partial charge in [0.05, 0.1) is 0 Å². The highest BCUT2D eigenvalue weighted by molar-refractivity contribution is 5.18. The molecule has 0 radical (unpaired) electrons. The topological polar surface area (TPSA) is 12.0 Å². The van der Waals surface area contributed by atoms with Crippen LogP contribution in [-0.4, -0.2) is 12.1 Å². The molecule has 1 N–H and O–H groups in total. The third-order valence-corrected chi connectivity index (χ3v) is 3.91. The highest BCUT2D eigenvalue weighted by Gasteiger charge is 2.31. The maximum Gasteiger partial charge on any atom is 0.126 e. The maximum atomic E-state index is 13.6. The van der Waals surface area contributed by atoms with E-state index >= 15 is 0 Å². The van der Waals surface area contributed by atoms with E-state index in [4.69, 9.17) is 0 Å². The lowest BCUT2D eigenvalue weighted by Crippen LogP contribution is -2.44. The third kappa shape index (κ3) is 3.55. The van der Waals surface area contributed by atoms with Gasteiger partial charge in [-0.05, 0) is 70.0 Å². The molecule has 2 atom stereocenters. The summed E-state index contributed by atoms with van der Waals surface area (Å²) in [6.45, 7) is 7.63. The lowest BCUT2D eigenvalue weighted by molar-refractivity contribution is 0.158. The minimum Gasteiger partial charge on any atom is -0.312 e. The fraction of sp³-hybridized carbons (Fsp3) is 0.625. The van der Waals surface area contributed by atoms with E-state index in [9.17, 15) is 4.39 Å². The second-order valence-electron chi connectivity index (χ2n) is 6.52. The number of nitrogens with one attached hydrogen (secondary N) is 1. The van der Waals surface area contributed by atoms with Gasteiger partial charge in [-0.1, -0.05) is 18.2 Å². The Hall–Kier alpha value is -0.890. The van der Waals surface area contributed by atoms with Crippen LogP contribution in [0.3, 0.4) is 0 Å². The Kier molecular flexibility index (Phi) is 4.06. The first kappa shape index (κ1) is 13.5. The number of rotatable bonds is 4. The minimum atomic E-state index is -0.0491. The predicted molar refractivity (Wildman–Crippen MR) is 74.1 cm³/mol. The number of hydrogen-bond donors (Lipinski definition) is 1. The molecule has 1 aliphatic carbocycles. The molecule has 2 rings (SSSR count). The van der Waals surface area contributed by atoms with Crippen LogP contribution in [0.25, 0.3) is 0 Å². The van der Waals surface area contributed by atoms with Crippen molar-refractivity contribution in [2.24, 2.45) is 11.8 Å². The molecular formula is C16H24FN. The second kappa shape index (κ2) is 5.40. The van der Waals surface area contributed by atoms with E-state index in [1.54, 1.807) is 12.1 Å². The molecule has 2 heteroatoms. The van der Waals surface area contributed by atoms with E-state index in [2.05, 4.69) is 26.1 Å². The summed E-state index contributed by atoms with van der Waals surface area (Å²) in [7, 11) is 0. The Morgan fingerprint density at radius 2 is 1.83 bits per heavy atom. The molecule has 0 saturated heterocycles. The summed E-state index contributed by atoms with van der Waals surface area (Å²) in [6.07, 6.45) is 3.41. The number of hydrogen-bond acceptors (Lipinski definition) is 1. The first-order chi connectivity index (χ1) is 8.46. The first-order valence-corrected chi connectivity index (χ1v) is 6.94. The zero-order valence-corrected chi connectivity index (χ0v) is 11.7. The highest BCUT2D eigenvalue weighted by atomic mass is 19.1. The molecule has 0 amide bonds. The molecule has 0 heterocycles. The van der Waals surface area contributed by atoms with Crippen molar-refractivity contribution < 1.29 is 4.39 Å². The summed E-state index contributed by atoms with van der Waals surface area (Å²) in [4.78, 5) is 0. The standard InChI is InChI=1S/C16H24FN/c1-16(2,3)18-11-14-9-8-12(14)10-13-6-4-5-7-15(13)17/h4-7,12,14,18H,8-11H2,1-3H3. The van der Waals surface area contributed by atoms with Gasteiger partial charge in [-0.25, -0.2) is 4.39 Å². The van der Waals surface area contributed by atoms with Crippen molar-refractivity contribution in [3.05, 3.63) is 35.6 Å². The van der Waals surface area contributed by atoms with Gasteiger partial charge in [0.25, 0.3) is 0 Å². The Bertz CT molecular complexity index is 394. The van der Waals surface area contributed by atoms with Gasteiger partial charge in [-0.15, -0.1) is 0 Å². The molecule has 2 unspecified atom stereocenters. The molecule has 1 nitrogen and oxygen atoms in total. The van der Waals surface area contributed by atoms with Crippen LogP contribution >= 0.6 is 0 Å². The van der Waals surface area contributed by atoms with Crippen LogP contribution in [0.4, 0.5) is 4.39 Å². The third-order valence-electron chi connectivity index (χ3n) is 3.91. The van der Waals surface area contributed by atoms with E-state index < -0.39 is 0 Å². The Morgan fingerprint density at radius 1 is 1.17 bits per heavy atom. The quantitative estimate of drug-likeness (QED) is 0.856. The molecule has 1 saturated carbocycles. The van der Waals surface area contributed by atoms with Crippen LogP contribution in [-0.2, 0) is 6.42 Å². The fourth-order valence-electron chi connectivity index (χ4n) is 2.56. The molecule has 1 aromatic rings. The van der Waals surface area contributed by atoms with Gasteiger partial charge < -0.3 is 5.32 Å². The molecule has 18 heavy (non-hydrogen) atoms. The monoisotopic (exact) mass is 249 g/mol. The van der Waals surface area contributed by atoms with E-state index in [0.29, 0.717) is 11.8 Å². The molecule has 1 aromatic carbocycles. The zero-order chi connectivity index (χ0) is 13.2. The summed E-state index contributed by atoms with van der Waals surface area (Å²) in [5, 5.41) is 3.56. The molecule has 1 aliphatic rings. The predicted octanol–water partition coefficient (Wildman–Crippen LogP) is 3.78. The Morgan fingerprint density at radius 3 is 2.39 bits per heavy atom. The van der Waals surface area contributed by atoms with Crippen molar-refractivity contribution in [2.45, 2.75) is 45.6 Å². The van der Waals surface area contributed by atoms with E-state index in [0.717, 1.165) is 18.5 Å². The summed E-state index contributed by atoms with van der Waals surface area (Å²) in [6, 6.07) is 7.18. The average molecular weight is 249 g/mol. The van der Waals surface area contributed by atoms with Crippen molar-refractivity contribution in [1.82, 2.24) is 5.32 Å².